The Bertz CT molecular complexity index is 965. The van der Waals surface area contributed by atoms with Gasteiger partial charge in [0, 0.05) is 6.42 Å². The first-order valence-electron chi connectivity index (χ1n) is 8.03. The van der Waals surface area contributed by atoms with Crippen molar-refractivity contribution in [3.8, 4) is 0 Å². The fraction of sp³-hybridized carbons (Fsp3) is 0.250. The third kappa shape index (κ3) is 4.97. The largest absolute Gasteiger partial charge is 0.404 e. The molecule has 0 atom stereocenters. The minimum Gasteiger partial charge on any atom is -0.358 e. The lowest BCUT2D eigenvalue weighted by Crippen LogP contribution is -2.16. The van der Waals surface area contributed by atoms with Crippen LogP contribution in [0.3, 0.4) is 0 Å². The molecule has 0 saturated carbocycles. The van der Waals surface area contributed by atoms with Gasteiger partial charge < -0.3 is 10.1 Å². The maximum atomic E-state index is 12.0. The number of nitro groups is 1. The molecule has 10 nitrogen and oxygen atoms in total. The molecule has 1 aromatic carbocycles. The van der Waals surface area contributed by atoms with Crippen LogP contribution in [0.2, 0.25) is 0 Å². The molecule has 1 amide bonds. The zero-order valence-electron chi connectivity index (χ0n) is 14.4. The Labute approximate surface area is 162 Å². The highest BCUT2D eigenvalue weighted by atomic mass is 79.9. The minimum atomic E-state index is -0.592. The van der Waals surface area contributed by atoms with E-state index >= 15 is 0 Å². The molecular formula is C16H16BrN7O3. The predicted octanol–water partition coefficient (Wildman–Crippen LogP) is 2.53. The fourth-order valence-electron chi connectivity index (χ4n) is 2.34. The average molecular weight is 434 g/mol. The van der Waals surface area contributed by atoms with Crippen LogP contribution in [-0.4, -0.2) is 35.4 Å². The van der Waals surface area contributed by atoms with E-state index in [1.165, 1.54) is 16.4 Å². The lowest BCUT2D eigenvalue weighted by atomic mass is 10.1. The zero-order valence-corrected chi connectivity index (χ0v) is 16.0. The van der Waals surface area contributed by atoms with E-state index in [1.54, 1.807) is 11.0 Å². The van der Waals surface area contributed by atoms with Gasteiger partial charge in [-0.3, -0.25) is 10.1 Å². The normalized spacial score (nSPS) is 10.7. The van der Waals surface area contributed by atoms with Crippen LogP contribution >= 0.6 is 15.9 Å². The van der Waals surface area contributed by atoms with E-state index in [-0.39, 0.29) is 35.1 Å². The van der Waals surface area contributed by atoms with Crippen LogP contribution in [0.1, 0.15) is 17.5 Å². The van der Waals surface area contributed by atoms with Crippen molar-refractivity contribution in [3.05, 3.63) is 62.5 Å². The van der Waals surface area contributed by atoms with Crippen LogP contribution in [0.4, 0.5) is 11.8 Å². The number of rotatable bonds is 7. The number of hydrogen-bond donors (Lipinski definition) is 1. The minimum absolute atomic E-state index is 0.0811. The second-order valence-corrected chi connectivity index (χ2v) is 6.72. The van der Waals surface area contributed by atoms with Gasteiger partial charge in [-0.15, -0.1) is 5.10 Å². The molecule has 3 rings (SSSR count). The molecule has 0 saturated heterocycles. The SMILES string of the molecule is Cc1ccc(Cn2cnc(NC(=O)CCn3cc(Br)c([N+](=O)[O-])n3)n2)cc1. The summed E-state index contributed by atoms with van der Waals surface area (Å²) in [5, 5.41) is 21.4. The molecule has 0 spiro atoms. The lowest BCUT2D eigenvalue weighted by molar-refractivity contribution is -0.390. The molecule has 0 fully saturated rings. The van der Waals surface area contributed by atoms with Crippen LogP contribution in [0.5, 0.6) is 0 Å². The predicted molar refractivity (Wildman–Crippen MR) is 100 cm³/mol. The number of aromatic nitrogens is 5. The number of amides is 1. The average Bonchev–Trinajstić information content (AvgIpc) is 3.21. The van der Waals surface area contributed by atoms with Crippen molar-refractivity contribution in [1.82, 2.24) is 24.5 Å². The maximum absolute atomic E-state index is 12.0. The third-order valence-electron chi connectivity index (χ3n) is 3.69. The summed E-state index contributed by atoms with van der Waals surface area (Å²) < 4.78 is 3.24. The lowest BCUT2D eigenvalue weighted by Gasteiger charge is -2.02. The van der Waals surface area contributed by atoms with E-state index < -0.39 is 4.92 Å². The fourth-order valence-corrected chi connectivity index (χ4v) is 2.80. The number of benzene rings is 1. The van der Waals surface area contributed by atoms with Crippen LogP contribution in [0, 0.1) is 17.0 Å². The molecule has 11 heteroatoms. The molecule has 0 radical (unpaired) electrons. The van der Waals surface area contributed by atoms with Crippen molar-refractivity contribution >= 4 is 33.6 Å². The van der Waals surface area contributed by atoms with Crippen LogP contribution in [-0.2, 0) is 17.9 Å². The van der Waals surface area contributed by atoms with Gasteiger partial charge in [0.2, 0.25) is 11.9 Å². The van der Waals surface area contributed by atoms with Gasteiger partial charge in [0.05, 0.1) is 24.4 Å². The second kappa shape index (κ2) is 8.08. The number of anilines is 1. The number of hydrogen-bond acceptors (Lipinski definition) is 6. The number of halogens is 1. The number of nitrogens with zero attached hydrogens (tertiary/aromatic N) is 6. The van der Waals surface area contributed by atoms with Crippen molar-refractivity contribution < 1.29 is 9.72 Å². The molecule has 0 aliphatic heterocycles. The zero-order chi connectivity index (χ0) is 19.4. The number of carbonyl (C=O) groups excluding carboxylic acids is 1. The summed E-state index contributed by atoms with van der Waals surface area (Å²) in [6.45, 7) is 2.77. The molecule has 0 unspecified atom stereocenters. The molecule has 2 aromatic heterocycles. The van der Waals surface area contributed by atoms with Gasteiger partial charge in [-0.2, -0.15) is 4.68 Å². The van der Waals surface area contributed by atoms with E-state index in [9.17, 15) is 14.9 Å². The molecule has 140 valence electrons. The van der Waals surface area contributed by atoms with E-state index in [2.05, 4.69) is 36.4 Å². The molecule has 0 aliphatic carbocycles. The maximum Gasteiger partial charge on any atom is 0.404 e. The molecule has 0 aliphatic rings. The summed E-state index contributed by atoms with van der Waals surface area (Å²) in [6, 6.07) is 8.06. The van der Waals surface area contributed by atoms with Gasteiger partial charge in [-0.25, -0.2) is 9.67 Å². The summed E-state index contributed by atoms with van der Waals surface area (Å²) in [5.74, 6) is -0.385. The summed E-state index contributed by atoms with van der Waals surface area (Å²) in [7, 11) is 0. The Morgan fingerprint density at radius 1 is 1.26 bits per heavy atom. The Morgan fingerprint density at radius 3 is 2.67 bits per heavy atom. The molecule has 0 bridgehead atoms. The number of nitrogens with one attached hydrogen (secondary N) is 1. The number of aryl methyl sites for hydroxylation is 2. The van der Waals surface area contributed by atoms with E-state index in [0.29, 0.717) is 6.54 Å². The molecule has 27 heavy (non-hydrogen) atoms. The van der Waals surface area contributed by atoms with E-state index in [4.69, 9.17) is 0 Å². The molecule has 1 N–H and O–H groups in total. The first-order chi connectivity index (χ1) is 12.9. The quantitative estimate of drug-likeness (QED) is 0.451. The van der Waals surface area contributed by atoms with Crippen molar-refractivity contribution in [3.63, 3.8) is 0 Å². The first kappa shape index (κ1) is 18.7. The molecular weight excluding hydrogens is 418 g/mol. The monoisotopic (exact) mass is 433 g/mol. The number of carbonyl (C=O) groups is 1. The second-order valence-electron chi connectivity index (χ2n) is 5.87. The summed E-state index contributed by atoms with van der Waals surface area (Å²) in [5.41, 5.74) is 2.26. The standard InChI is InChI=1S/C16H16BrN7O3/c1-11-2-4-12(5-3-11)8-23-10-18-16(21-23)19-14(25)6-7-22-9-13(17)15(20-22)24(26)27/h2-5,9-10H,6-8H2,1H3,(H,19,21,25). The molecule has 2 heterocycles. The Balaban J connectivity index is 1.52. The van der Waals surface area contributed by atoms with Gasteiger partial charge >= 0.3 is 5.82 Å². The van der Waals surface area contributed by atoms with Crippen LogP contribution < -0.4 is 5.32 Å². The Hall–Kier alpha value is -3.08. The van der Waals surface area contributed by atoms with Crippen LogP contribution in [0.25, 0.3) is 0 Å². The summed E-state index contributed by atoms with van der Waals surface area (Å²) in [6.07, 6.45) is 3.08. The third-order valence-corrected chi connectivity index (χ3v) is 4.25. The van der Waals surface area contributed by atoms with Gasteiger partial charge in [-0.1, -0.05) is 29.8 Å². The highest BCUT2D eigenvalue weighted by molar-refractivity contribution is 9.10. The van der Waals surface area contributed by atoms with Crippen molar-refractivity contribution in [1.29, 1.82) is 0 Å². The van der Waals surface area contributed by atoms with Crippen LogP contribution in [0.15, 0.2) is 41.3 Å². The van der Waals surface area contributed by atoms with E-state index in [1.807, 2.05) is 31.2 Å². The van der Waals surface area contributed by atoms with E-state index in [0.717, 1.165) is 5.56 Å². The topological polar surface area (TPSA) is 121 Å². The summed E-state index contributed by atoms with van der Waals surface area (Å²) in [4.78, 5) is 26.3. The van der Waals surface area contributed by atoms with Gasteiger partial charge in [0.15, 0.2) is 0 Å². The molecule has 3 aromatic rings. The highest BCUT2D eigenvalue weighted by Gasteiger charge is 2.19. The Morgan fingerprint density at radius 2 is 2.00 bits per heavy atom. The first-order valence-corrected chi connectivity index (χ1v) is 8.82. The van der Waals surface area contributed by atoms with Gasteiger partial charge in [-0.05, 0) is 33.3 Å². The summed E-state index contributed by atoms with van der Waals surface area (Å²) >= 11 is 3.06. The van der Waals surface area contributed by atoms with Crippen molar-refractivity contribution in [2.75, 3.05) is 5.32 Å². The van der Waals surface area contributed by atoms with Crippen molar-refractivity contribution in [2.24, 2.45) is 0 Å². The van der Waals surface area contributed by atoms with Gasteiger partial charge in [0.1, 0.15) is 10.8 Å². The van der Waals surface area contributed by atoms with Crippen molar-refractivity contribution in [2.45, 2.75) is 26.4 Å². The highest BCUT2D eigenvalue weighted by Crippen LogP contribution is 2.22. The Kier molecular flexibility index (Phi) is 5.60. The van der Waals surface area contributed by atoms with Gasteiger partial charge in [0.25, 0.3) is 0 Å². The smallest absolute Gasteiger partial charge is 0.358 e.